The molecule has 0 aromatic rings. The summed E-state index contributed by atoms with van der Waals surface area (Å²) >= 11 is 0. The van der Waals surface area contributed by atoms with Gasteiger partial charge in [-0.15, -0.1) is 6.58 Å². The van der Waals surface area contributed by atoms with Crippen LogP contribution >= 0.6 is 0 Å². The molecule has 0 amide bonds. The molecule has 4 aliphatic rings. The van der Waals surface area contributed by atoms with Crippen LogP contribution < -0.4 is 0 Å². The molecule has 0 radical (unpaired) electrons. The molecule has 0 nitrogen and oxygen atoms in total. The average Bonchev–Trinajstić information content (AvgIpc) is 3.26. The second kappa shape index (κ2) is 7.65. The maximum Gasteiger partial charge on any atom is 0.0542 e. The van der Waals surface area contributed by atoms with Crippen LogP contribution in [-0.4, -0.2) is 8.07 Å². The van der Waals surface area contributed by atoms with Gasteiger partial charge in [0.2, 0.25) is 0 Å². The summed E-state index contributed by atoms with van der Waals surface area (Å²) in [5.74, 6) is 6.42. The molecule has 0 saturated heterocycles. The second-order valence-electron chi connectivity index (χ2n) is 12.3. The molecule has 0 aromatic heterocycles. The summed E-state index contributed by atoms with van der Waals surface area (Å²) in [6.07, 6.45) is 19.2. The molecule has 0 aromatic carbocycles. The van der Waals surface area contributed by atoms with Crippen molar-refractivity contribution in [1.29, 1.82) is 0 Å². The highest BCUT2D eigenvalue weighted by atomic mass is 28.3. The average molecular weight is 387 g/mol. The minimum absolute atomic E-state index is 0.574. The highest BCUT2D eigenvalue weighted by Gasteiger charge is 2.57. The van der Waals surface area contributed by atoms with Gasteiger partial charge in [-0.2, -0.15) is 0 Å². The second-order valence-corrected chi connectivity index (χ2v) is 17.5. The summed E-state index contributed by atoms with van der Waals surface area (Å²) in [6, 6.07) is 1.32. The van der Waals surface area contributed by atoms with E-state index in [2.05, 4.69) is 39.6 Å². The van der Waals surface area contributed by atoms with Gasteiger partial charge in [0.1, 0.15) is 0 Å². The maximum absolute atomic E-state index is 4.07. The summed E-state index contributed by atoms with van der Waals surface area (Å²) < 4.78 is 0. The summed E-state index contributed by atoms with van der Waals surface area (Å²) in [5.41, 5.74) is 1.62. The van der Waals surface area contributed by atoms with E-state index in [4.69, 9.17) is 0 Å². The molecule has 154 valence electrons. The van der Waals surface area contributed by atoms with E-state index < -0.39 is 8.07 Å². The summed E-state index contributed by atoms with van der Waals surface area (Å²) in [4.78, 5) is 0. The van der Waals surface area contributed by atoms with E-state index in [9.17, 15) is 0 Å². The first-order valence-corrected chi connectivity index (χ1v) is 15.8. The third kappa shape index (κ3) is 3.53. The van der Waals surface area contributed by atoms with Gasteiger partial charge in [-0.3, -0.25) is 0 Å². The monoisotopic (exact) mass is 386 g/mol. The Morgan fingerprint density at radius 1 is 0.815 bits per heavy atom. The van der Waals surface area contributed by atoms with Crippen LogP contribution in [0.15, 0.2) is 12.7 Å². The molecule has 1 heteroatoms. The quantitative estimate of drug-likeness (QED) is 0.329. The van der Waals surface area contributed by atoms with Gasteiger partial charge in [0.25, 0.3) is 0 Å². The molecule has 27 heavy (non-hydrogen) atoms. The normalized spacial score (nSPS) is 42.6. The predicted molar refractivity (Wildman–Crippen MR) is 122 cm³/mol. The molecular formula is C26H46Si. The lowest BCUT2D eigenvalue weighted by molar-refractivity contribution is 0.0310. The largest absolute Gasteiger partial charge is 0.103 e. The van der Waals surface area contributed by atoms with Crippen LogP contribution in [0.25, 0.3) is 0 Å². The van der Waals surface area contributed by atoms with Crippen LogP contribution in [0.5, 0.6) is 0 Å². The standard InChI is InChI=1S/C26H46Si/c1-6-17-27(4,5)20-16-15-19(18-20)26(2,3)25-23-13-9-7-11-21(23)22-12-8-10-14-24(22)25/h6,19-25H,1,7-18H2,2-5H3. The van der Waals surface area contributed by atoms with Gasteiger partial charge >= 0.3 is 0 Å². The Morgan fingerprint density at radius 3 is 1.85 bits per heavy atom. The Bertz CT molecular complexity index is 510. The number of hydrogen-bond donors (Lipinski definition) is 0. The predicted octanol–water partition coefficient (Wildman–Crippen LogP) is 8.32. The molecular weight excluding hydrogens is 340 g/mol. The molecule has 6 unspecified atom stereocenters. The minimum Gasteiger partial charge on any atom is -0.103 e. The Kier molecular flexibility index (Phi) is 5.74. The van der Waals surface area contributed by atoms with E-state index in [0.29, 0.717) is 5.41 Å². The van der Waals surface area contributed by atoms with E-state index in [1.54, 1.807) is 32.1 Å². The number of allylic oxidation sites excluding steroid dienone is 1. The number of fused-ring (bicyclic) bond motifs is 3. The fourth-order valence-electron chi connectivity index (χ4n) is 8.93. The van der Waals surface area contributed by atoms with Crippen molar-refractivity contribution < 1.29 is 0 Å². The van der Waals surface area contributed by atoms with Crippen molar-refractivity contribution in [1.82, 2.24) is 0 Å². The number of rotatable bonds is 5. The van der Waals surface area contributed by atoms with Gasteiger partial charge in [-0.1, -0.05) is 65.1 Å². The molecule has 4 aliphatic carbocycles. The zero-order chi connectivity index (χ0) is 19.2. The minimum atomic E-state index is -1.12. The fourth-order valence-corrected chi connectivity index (χ4v) is 11.9. The van der Waals surface area contributed by atoms with Gasteiger partial charge in [0.05, 0.1) is 8.07 Å². The summed E-state index contributed by atoms with van der Waals surface area (Å²) in [5, 5.41) is 0. The van der Waals surface area contributed by atoms with Crippen molar-refractivity contribution in [2.75, 3.05) is 0 Å². The van der Waals surface area contributed by atoms with E-state index in [1.807, 2.05) is 0 Å². The van der Waals surface area contributed by atoms with E-state index in [-0.39, 0.29) is 0 Å². The number of hydrogen-bond acceptors (Lipinski definition) is 0. The molecule has 4 saturated carbocycles. The first-order chi connectivity index (χ1) is 12.9. The van der Waals surface area contributed by atoms with E-state index in [1.165, 1.54) is 44.6 Å². The van der Waals surface area contributed by atoms with Crippen LogP contribution in [0.4, 0.5) is 0 Å². The zero-order valence-corrected chi connectivity index (χ0v) is 19.8. The Labute approximate surface area is 171 Å². The zero-order valence-electron chi connectivity index (χ0n) is 18.8. The summed E-state index contributed by atoms with van der Waals surface area (Å²) in [7, 11) is -1.12. The molecule has 0 N–H and O–H groups in total. The molecule has 4 fully saturated rings. The molecule has 0 spiro atoms. The molecule has 0 bridgehead atoms. The molecule has 6 atom stereocenters. The van der Waals surface area contributed by atoms with E-state index in [0.717, 1.165) is 41.0 Å². The van der Waals surface area contributed by atoms with Crippen LogP contribution in [-0.2, 0) is 0 Å². The SMILES string of the molecule is C=CC[Si](C)(C)C1CCC(C(C)(C)C2C3CCCCC3C3CCCCC32)C1. The van der Waals surface area contributed by atoms with Crippen LogP contribution in [0.3, 0.4) is 0 Å². The van der Waals surface area contributed by atoms with Crippen molar-refractivity contribution in [3.8, 4) is 0 Å². The fraction of sp³-hybridized carbons (Fsp3) is 0.923. The van der Waals surface area contributed by atoms with Crippen LogP contribution in [0, 0.1) is 40.9 Å². The van der Waals surface area contributed by atoms with Crippen molar-refractivity contribution in [3.63, 3.8) is 0 Å². The van der Waals surface area contributed by atoms with Crippen molar-refractivity contribution in [2.45, 2.75) is 109 Å². The third-order valence-electron chi connectivity index (χ3n) is 10.3. The van der Waals surface area contributed by atoms with Gasteiger partial charge in [0, 0.05) is 0 Å². The van der Waals surface area contributed by atoms with Gasteiger partial charge < -0.3 is 0 Å². The molecule has 0 heterocycles. The van der Waals surface area contributed by atoms with Crippen molar-refractivity contribution >= 4 is 8.07 Å². The van der Waals surface area contributed by atoms with Crippen LogP contribution in [0.2, 0.25) is 24.7 Å². The van der Waals surface area contributed by atoms with Gasteiger partial charge in [0.15, 0.2) is 0 Å². The topological polar surface area (TPSA) is 0 Å². The smallest absolute Gasteiger partial charge is 0.0542 e. The lowest BCUT2D eigenvalue weighted by Gasteiger charge is -2.46. The first kappa shape index (κ1) is 20.2. The summed E-state index contributed by atoms with van der Waals surface area (Å²) in [6.45, 7) is 14.8. The van der Waals surface area contributed by atoms with Crippen molar-refractivity contribution in [3.05, 3.63) is 12.7 Å². The third-order valence-corrected chi connectivity index (χ3v) is 14.4. The van der Waals surface area contributed by atoms with Gasteiger partial charge in [-0.05, 0) is 91.0 Å². The van der Waals surface area contributed by atoms with Crippen LogP contribution in [0.1, 0.15) is 84.5 Å². The first-order valence-electron chi connectivity index (χ1n) is 12.5. The maximum atomic E-state index is 4.07. The van der Waals surface area contributed by atoms with E-state index >= 15 is 0 Å². The Morgan fingerprint density at radius 2 is 1.33 bits per heavy atom. The van der Waals surface area contributed by atoms with Gasteiger partial charge in [-0.25, -0.2) is 0 Å². The van der Waals surface area contributed by atoms with Crippen molar-refractivity contribution in [2.24, 2.45) is 40.9 Å². The Hall–Kier alpha value is -0.0431. The Balaban J connectivity index is 1.54. The lowest BCUT2D eigenvalue weighted by atomic mass is 9.59. The highest BCUT2D eigenvalue weighted by molar-refractivity contribution is 6.79. The lowest BCUT2D eigenvalue weighted by Crippen LogP contribution is -2.39. The molecule has 0 aliphatic heterocycles. The molecule has 4 rings (SSSR count). The highest BCUT2D eigenvalue weighted by Crippen LogP contribution is 2.65.